The predicted molar refractivity (Wildman–Crippen MR) is 309 cm³/mol. The average Bonchev–Trinajstić information content (AvgIpc) is 4.31. The van der Waals surface area contributed by atoms with Crippen LogP contribution in [0, 0.1) is 0 Å². The van der Waals surface area contributed by atoms with Crippen LogP contribution in [0.5, 0.6) is 0 Å². The molecule has 0 bridgehead atoms. The summed E-state index contributed by atoms with van der Waals surface area (Å²) in [5.41, 5.74) is 19.2. The van der Waals surface area contributed by atoms with E-state index < -0.39 is 0 Å². The number of nitrogens with zero attached hydrogens (tertiary/aromatic N) is 7. The topological polar surface area (TPSA) is 95.4 Å². The van der Waals surface area contributed by atoms with E-state index in [1.54, 1.807) is 0 Å². The summed E-state index contributed by atoms with van der Waals surface area (Å²) in [5, 5.41) is 4.12. The van der Waals surface area contributed by atoms with Gasteiger partial charge >= 0.3 is 0 Å². The van der Waals surface area contributed by atoms with Crippen LogP contribution in [0.4, 0.5) is 0 Å². The summed E-state index contributed by atoms with van der Waals surface area (Å²) in [4.78, 5) is 31.2. The van der Waals surface area contributed by atoms with Gasteiger partial charge in [-0.2, -0.15) is 0 Å². The normalized spacial score (nSPS) is 12.9. The maximum Gasteiger partial charge on any atom is 0.164 e. The van der Waals surface area contributed by atoms with Gasteiger partial charge in [0, 0.05) is 77.0 Å². The van der Waals surface area contributed by atoms with Crippen LogP contribution < -0.4 is 0 Å². The lowest BCUT2D eigenvalue weighted by Gasteiger charge is -2.23. The Kier molecular flexibility index (Phi) is 9.22. The second-order valence-electron chi connectivity index (χ2n) is 20.6. The number of furan rings is 1. The maximum absolute atomic E-state index is 7.28. The Morgan fingerprint density at radius 2 is 0.857 bits per heavy atom. The van der Waals surface area contributed by atoms with Gasteiger partial charge in [-0.1, -0.05) is 196 Å². The van der Waals surface area contributed by atoms with E-state index in [0.29, 0.717) is 34.9 Å². The minimum atomic E-state index is -0.267. The number of hydrogen-bond donors (Lipinski definition) is 0. The molecule has 0 radical (unpaired) electrons. The summed E-state index contributed by atoms with van der Waals surface area (Å²) >= 11 is 0. The fraction of sp³-hybridized carbons (Fsp3) is 0.0435. The second kappa shape index (κ2) is 16.4. The van der Waals surface area contributed by atoms with Gasteiger partial charge in [-0.25, -0.2) is 29.9 Å². The van der Waals surface area contributed by atoms with Crippen molar-refractivity contribution in [2.24, 2.45) is 0 Å². The van der Waals surface area contributed by atoms with Crippen LogP contribution in [0.25, 0.3) is 151 Å². The van der Waals surface area contributed by atoms with Crippen molar-refractivity contribution in [1.29, 1.82) is 0 Å². The molecule has 0 saturated carbocycles. The van der Waals surface area contributed by atoms with E-state index in [2.05, 4.69) is 140 Å². The Labute approximate surface area is 442 Å². The van der Waals surface area contributed by atoms with Crippen molar-refractivity contribution in [3.8, 4) is 107 Å². The molecule has 1 aliphatic heterocycles. The molecule has 5 heterocycles. The van der Waals surface area contributed by atoms with E-state index in [1.165, 1.54) is 22.3 Å². The molecule has 0 N–H and O–H groups in total. The lowest BCUT2D eigenvalue weighted by molar-refractivity contribution is 0.660. The number of para-hydroxylation sites is 2. The van der Waals surface area contributed by atoms with Crippen LogP contribution in [0.3, 0.4) is 0 Å². The molecule has 14 aromatic rings. The van der Waals surface area contributed by atoms with Crippen molar-refractivity contribution >= 4 is 43.7 Å². The van der Waals surface area contributed by atoms with E-state index in [9.17, 15) is 0 Å². The van der Waals surface area contributed by atoms with Crippen LogP contribution >= 0.6 is 0 Å². The van der Waals surface area contributed by atoms with Gasteiger partial charge in [0.05, 0.1) is 16.7 Å². The average molecular weight is 986 g/mol. The molecule has 2 aliphatic rings. The molecular formula is C69H43N7O. The molecule has 10 aromatic carbocycles. The molecule has 0 saturated heterocycles. The summed E-state index contributed by atoms with van der Waals surface area (Å²) in [6.45, 7) is 4.71. The smallest absolute Gasteiger partial charge is 0.164 e. The molecular weight excluding hydrogens is 943 g/mol. The number of benzene rings is 10. The molecule has 8 heteroatoms. The molecule has 77 heavy (non-hydrogen) atoms. The van der Waals surface area contributed by atoms with Crippen molar-refractivity contribution in [1.82, 2.24) is 34.5 Å². The molecule has 0 atom stereocenters. The predicted octanol–water partition coefficient (Wildman–Crippen LogP) is 17.0. The van der Waals surface area contributed by atoms with E-state index >= 15 is 0 Å². The summed E-state index contributed by atoms with van der Waals surface area (Å²) in [7, 11) is 0. The largest absolute Gasteiger partial charge is 0.455 e. The second-order valence-corrected chi connectivity index (χ2v) is 20.6. The zero-order valence-electron chi connectivity index (χ0n) is 41.9. The van der Waals surface area contributed by atoms with Gasteiger partial charge < -0.3 is 8.98 Å². The molecule has 0 unspecified atom stereocenters. The number of aromatic nitrogens is 7. The Hall–Kier alpha value is -10.2. The van der Waals surface area contributed by atoms with E-state index in [0.717, 1.165) is 105 Å². The van der Waals surface area contributed by atoms with Crippen molar-refractivity contribution in [3.63, 3.8) is 0 Å². The number of rotatable bonds is 6. The minimum absolute atomic E-state index is 0.267. The van der Waals surface area contributed by atoms with Crippen molar-refractivity contribution in [2.45, 2.75) is 19.3 Å². The van der Waals surface area contributed by atoms with Crippen LogP contribution in [0.2, 0.25) is 0 Å². The van der Waals surface area contributed by atoms with Crippen molar-refractivity contribution in [2.75, 3.05) is 0 Å². The lowest BCUT2D eigenvalue weighted by atomic mass is 9.81. The first-order valence-electron chi connectivity index (χ1n) is 26.0. The molecule has 0 fully saturated rings. The number of hydrogen-bond acceptors (Lipinski definition) is 7. The number of fused-ring (bicyclic) bond motifs is 15. The highest BCUT2D eigenvalue weighted by Gasteiger charge is 2.38. The molecule has 0 amide bonds. The molecule has 0 spiro atoms. The van der Waals surface area contributed by atoms with Gasteiger partial charge in [-0.3, -0.25) is 0 Å². The molecule has 1 aliphatic carbocycles. The Bertz CT molecular complexity index is 4640. The summed E-state index contributed by atoms with van der Waals surface area (Å²) in [6.07, 6.45) is 0. The van der Waals surface area contributed by atoms with Gasteiger partial charge in [0.15, 0.2) is 34.9 Å². The zero-order valence-corrected chi connectivity index (χ0v) is 41.9. The Morgan fingerprint density at radius 3 is 1.48 bits per heavy atom. The monoisotopic (exact) mass is 985 g/mol. The van der Waals surface area contributed by atoms with Crippen LogP contribution in [-0.2, 0) is 5.41 Å². The molecule has 4 aromatic heterocycles. The van der Waals surface area contributed by atoms with Gasteiger partial charge in [0.25, 0.3) is 0 Å². The minimum Gasteiger partial charge on any atom is -0.455 e. The maximum atomic E-state index is 7.28. The SMILES string of the molecule is CC1(C)c2ccccc2-c2cc3c(cc21)-n1c2ccc(-c4nc(-c5ccccc5)nc(-c5ccccc5)n4)cc2c2cccc(c21)-c1c-3cc(-c2nc(-c3ccccc3)nc(-c3ccccc3)n2)c2c1oc1ccccc12. The highest BCUT2D eigenvalue weighted by molar-refractivity contribution is 6.24. The van der Waals surface area contributed by atoms with Crippen molar-refractivity contribution in [3.05, 3.63) is 236 Å². The standard InChI is InChI=1S/C69H43N7O/c1-69(2)54-32-17-15-28-45(54)49-37-51-52-38-53(68-74-65(42-24-11-5-12-25-42)71-66(75-68)43-26-13-6-14-27-43)59-47-29-16-18-33-58(47)77-62(59)60(52)48-31-19-30-46-50-36-44(34-35-56(50)76(61(46)48)57(51)39-55(49)69)67-72-63(40-20-7-3-8-21-40)70-64(73-67)41-22-9-4-10-23-41/h3-39H,1-2H3. The third-order valence-electron chi connectivity index (χ3n) is 15.8. The third kappa shape index (κ3) is 6.52. The van der Waals surface area contributed by atoms with Crippen LogP contribution in [0.1, 0.15) is 25.0 Å². The third-order valence-corrected chi connectivity index (χ3v) is 15.8. The quantitative estimate of drug-likeness (QED) is 0.164. The van der Waals surface area contributed by atoms with E-state index in [4.69, 9.17) is 34.3 Å². The van der Waals surface area contributed by atoms with Crippen LogP contribution in [0.15, 0.2) is 229 Å². The highest BCUT2D eigenvalue weighted by atomic mass is 16.3. The zero-order chi connectivity index (χ0) is 50.9. The Morgan fingerprint density at radius 1 is 0.351 bits per heavy atom. The first-order valence-corrected chi connectivity index (χ1v) is 26.0. The van der Waals surface area contributed by atoms with Crippen LogP contribution in [-0.4, -0.2) is 34.5 Å². The first kappa shape index (κ1) is 43.2. The molecule has 16 rings (SSSR count). The summed E-state index contributed by atoms with van der Waals surface area (Å²) < 4.78 is 9.78. The van der Waals surface area contributed by atoms with E-state index in [1.807, 2.05) is 103 Å². The van der Waals surface area contributed by atoms with Gasteiger partial charge in [-0.15, -0.1) is 0 Å². The molecule has 360 valence electrons. The van der Waals surface area contributed by atoms with E-state index in [-0.39, 0.29) is 5.41 Å². The fourth-order valence-corrected chi connectivity index (χ4v) is 12.2. The Balaban J connectivity index is 1.02. The summed E-state index contributed by atoms with van der Waals surface area (Å²) in [6, 6.07) is 78.5. The van der Waals surface area contributed by atoms with Gasteiger partial charge in [0.1, 0.15) is 11.2 Å². The summed E-state index contributed by atoms with van der Waals surface area (Å²) in [5.74, 6) is 3.60. The lowest BCUT2D eigenvalue weighted by Crippen LogP contribution is -2.15. The molecule has 8 nitrogen and oxygen atoms in total. The highest BCUT2D eigenvalue weighted by Crippen LogP contribution is 2.57. The van der Waals surface area contributed by atoms with Gasteiger partial charge in [0.2, 0.25) is 0 Å². The van der Waals surface area contributed by atoms with Crippen molar-refractivity contribution < 1.29 is 4.42 Å². The fourth-order valence-electron chi connectivity index (χ4n) is 12.2. The first-order chi connectivity index (χ1) is 37.9. The van der Waals surface area contributed by atoms with Gasteiger partial charge in [-0.05, 0) is 70.3 Å².